The SMILES string of the molecule is Cc1cc(C)c(C(=O)C(C)N)c(O)c1Cl. The Hall–Kier alpha value is -1.06. The second kappa shape index (κ2) is 4.21. The van der Waals surface area contributed by atoms with Gasteiger partial charge in [0, 0.05) is 0 Å². The van der Waals surface area contributed by atoms with E-state index in [-0.39, 0.29) is 22.1 Å². The summed E-state index contributed by atoms with van der Waals surface area (Å²) in [6, 6.07) is 1.12. The molecule has 82 valence electrons. The van der Waals surface area contributed by atoms with Gasteiger partial charge in [-0.3, -0.25) is 4.79 Å². The van der Waals surface area contributed by atoms with E-state index in [0.717, 1.165) is 5.56 Å². The van der Waals surface area contributed by atoms with Crippen LogP contribution in [0.5, 0.6) is 5.75 Å². The van der Waals surface area contributed by atoms with Crippen LogP contribution in [0.2, 0.25) is 5.02 Å². The third-order valence-electron chi connectivity index (χ3n) is 2.28. The van der Waals surface area contributed by atoms with Crippen molar-refractivity contribution in [3.8, 4) is 5.75 Å². The van der Waals surface area contributed by atoms with Crippen molar-refractivity contribution in [2.45, 2.75) is 26.8 Å². The summed E-state index contributed by atoms with van der Waals surface area (Å²) < 4.78 is 0. The Morgan fingerprint density at radius 1 is 1.47 bits per heavy atom. The van der Waals surface area contributed by atoms with Crippen molar-refractivity contribution >= 4 is 17.4 Å². The third kappa shape index (κ3) is 2.13. The van der Waals surface area contributed by atoms with E-state index in [1.54, 1.807) is 26.8 Å². The molecule has 1 rings (SSSR count). The lowest BCUT2D eigenvalue weighted by Gasteiger charge is -2.12. The number of aromatic hydroxyl groups is 1. The predicted octanol–water partition coefficient (Wildman–Crippen LogP) is 2.19. The number of nitrogens with two attached hydrogens (primary N) is 1. The van der Waals surface area contributed by atoms with Gasteiger partial charge < -0.3 is 10.8 Å². The second-order valence-corrected chi connectivity index (χ2v) is 4.08. The van der Waals surface area contributed by atoms with Gasteiger partial charge in [0.05, 0.1) is 16.6 Å². The molecule has 1 atom stereocenters. The van der Waals surface area contributed by atoms with Gasteiger partial charge in [-0.1, -0.05) is 17.7 Å². The number of hydrogen-bond acceptors (Lipinski definition) is 3. The Balaban J connectivity index is 3.43. The second-order valence-electron chi connectivity index (χ2n) is 3.70. The number of phenolic OH excluding ortho intramolecular Hbond substituents is 1. The molecule has 0 fully saturated rings. The molecule has 0 radical (unpaired) electrons. The molecule has 0 aliphatic rings. The first-order valence-corrected chi connectivity index (χ1v) is 5.02. The number of carbonyl (C=O) groups excluding carboxylic acids is 1. The lowest BCUT2D eigenvalue weighted by Crippen LogP contribution is -2.27. The van der Waals surface area contributed by atoms with E-state index in [4.69, 9.17) is 17.3 Å². The van der Waals surface area contributed by atoms with Crippen molar-refractivity contribution in [3.05, 3.63) is 27.8 Å². The van der Waals surface area contributed by atoms with Crippen LogP contribution < -0.4 is 5.73 Å². The van der Waals surface area contributed by atoms with E-state index in [2.05, 4.69) is 0 Å². The Bertz CT molecular complexity index is 414. The Morgan fingerprint density at radius 3 is 2.47 bits per heavy atom. The van der Waals surface area contributed by atoms with Gasteiger partial charge in [0.1, 0.15) is 5.75 Å². The number of aryl methyl sites for hydroxylation is 2. The molecule has 1 aromatic rings. The molecule has 4 heteroatoms. The van der Waals surface area contributed by atoms with Crippen molar-refractivity contribution in [2.75, 3.05) is 0 Å². The maximum absolute atomic E-state index is 11.7. The number of ketones is 1. The van der Waals surface area contributed by atoms with Gasteiger partial charge in [-0.25, -0.2) is 0 Å². The first-order valence-electron chi connectivity index (χ1n) is 4.64. The van der Waals surface area contributed by atoms with Crippen LogP contribution in [-0.2, 0) is 0 Å². The summed E-state index contributed by atoms with van der Waals surface area (Å²) >= 11 is 5.86. The highest BCUT2D eigenvalue weighted by molar-refractivity contribution is 6.33. The van der Waals surface area contributed by atoms with E-state index in [1.807, 2.05) is 0 Å². The number of rotatable bonds is 2. The van der Waals surface area contributed by atoms with Crippen molar-refractivity contribution in [1.29, 1.82) is 0 Å². The molecule has 1 aromatic carbocycles. The first kappa shape index (κ1) is 12.0. The molecule has 0 aromatic heterocycles. The lowest BCUT2D eigenvalue weighted by molar-refractivity contribution is 0.0964. The van der Waals surface area contributed by atoms with Crippen LogP contribution in [0.25, 0.3) is 0 Å². The van der Waals surface area contributed by atoms with Gasteiger partial charge in [-0.15, -0.1) is 0 Å². The smallest absolute Gasteiger partial charge is 0.183 e. The molecule has 3 N–H and O–H groups in total. The topological polar surface area (TPSA) is 63.3 Å². The zero-order chi connectivity index (χ0) is 11.7. The summed E-state index contributed by atoms with van der Waals surface area (Å²) in [5.41, 5.74) is 7.15. The average molecular weight is 228 g/mol. The molecule has 0 bridgehead atoms. The van der Waals surface area contributed by atoms with Crippen LogP contribution in [0.15, 0.2) is 6.07 Å². The molecule has 15 heavy (non-hydrogen) atoms. The predicted molar refractivity (Wildman–Crippen MR) is 60.6 cm³/mol. The Morgan fingerprint density at radius 2 is 2.00 bits per heavy atom. The number of benzene rings is 1. The van der Waals surface area contributed by atoms with E-state index in [9.17, 15) is 9.90 Å². The molecule has 1 unspecified atom stereocenters. The lowest BCUT2D eigenvalue weighted by atomic mass is 9.97. The highest BCUT2D eigenvalue weighted by Crippen LogP contribution is 2.33. The molecule has 3 nitrogen and oxygen atoms in total. The molecule has 0 amide bonds. The quantitative estimate of drug-likeness (QED) is 0.762. The van der Waals surface area contributed by atoms with Gasteiger partial charge in [-0.05, 0) is 31.9 Å². The molecule has 0 saturated carbocycles. The highest BCUT2D eigenvalue weighted by atomic mass is 35.5. The summed E-state index contributed by atoms with van der Waals surface area (Å²) in [6.45, 7) is 5.10. The van der Waals surface area contributed by atoms with Gasteiger partial charge in [0.2, 0.25) is 0 Å². The minimum atomic E-state index is -0.645. The number of halogens is 1. The van der Waals surface area contributed by atoms with Crippen LogP contribution in [0.4, 0.5) is 0 Å². The zero-order valence-electron chi connectivity index (χ0n) is 8.97. The van der Waals surface area contributed by atoms with E-state index < -0.39 is 6.04 Å². The number of Topliss-reactive ketones (excluding diaryl/α,β-unsaturated/α-hetero) is 1. The largest absolute Gasteiger partial charge is 0.506 e. The number of carbonyl (C=O) groups is 1. The fourth-order valence-electron chi connectivity index (χ4n) is 1.48. The van der Waals surface area contributed by atoms with Crippen molar-refractivity contribution in [3.63, 3.8) is 0 Å². The zero-order valence-corrected chi connectivity index (χ0v) is 9.72. The standard InChI is InChI=1S/C11H14ClNO2/c1-5-4-6(2)9(12)11(15)8(5)10(14)7(3)13/h4,7,15H,13H2,1-3H3. The van der Waals surface area contributed by atoms with E-state index >= 15 is 0 Å². The molecule has 0 saturated heterocycles. The van der Waals surface area contributed by atoms with Gasteiger partial charge >= 0.3 is 0 Å². The summed E-state index contributed by atoms with van der Waals surface area (Å²) in [7, 11) is 0. The first-order chi connectivity index (χ1) is 6.86. The van der Waals surface area contributed by atoms with Crippen LogP contribution in [0, 0.1) is 13.8 Å². The van der Waals surface area contributed by atoms with Crippen molar-refractivity contribution < 1.29 is 9.90 Å². The molecular weight excluding hydrogens is 214 g/mol. The van der Waals surface area contributed by atoms with Crippen LogP contribution in [0.3, 0.4) is 0 Å². The minimum Gasteiger partial charge on any atom is -0.506 e. The summed E-state index contributed by atoms with van der Waals surface area (Å²) in [4.78, 5) is 11.7. The Labute approximate surface area is 93.9 Å². The van der Waals surface area contributed by atoms with Crippen molar-refractivity contribution in [2.24, 2.45) is 5.73 Å². The van der Waals surface area contributed by atoms with Crippen LogP contribution in [0.1, 0.15) is 28.4 Å². The summed E-state index contributed by atoms with van der Waals surface area (Å²) in [6.07, 6.45) is 0. The average Bonchev–Trinajstić information content (AvgIpc) is 2.14. The molecule has 0 aliphatic heterocycles. The highest BCUT2D eigenvalue weighted by Gasteiger charge is 2.20. The van der Waals surface area contributed by atoms with Crippen molar-refractivity contribution in [1.82, 2.24) is 0 Å². The fourth-order valence-corrected chi connectivity index (χ4v) is 1.63. The molecular formula is C11H14ClNO2. The number of hydrogen-bond donors (Lipinski definition) is 2. The van der Waals surface area contributed by atoms with E-state index in [1.165, 1.54) is 0 Å². The number of phenols is 1. The maximum atomic E-state index is 11.7. The molecule has 0 heterocycles. The normalized spacial score (nSPS) is 12.6. The molecule has 0 spiro atoms. The van der Waals surface area contributed by atoms with E-state index in [0.29, 0.717) is 5.56 Å². The minimum absolute atomic E-state index is 0.170. The molecule has 0 aliphatic carbocycles. The van der Waals surface area contributed by atoms with Crippen LogP contribution in [-0.4, -0.2) is 16.9 Å². The van der Waals surface area contributed by atoms with Crippen LogP contribution >= 0.6 is 11.6 Å². The maximum Gasteiger partial charge on any atom is 0.183 e. The van der Waals surface area contributed by atoms with Gasteiger partial charge in [-0.2, -0.15) is 0 Å². The Kier molecular flexibility index (Phi) is 3.37. The summed E-state index contributed by atoms with van der Waals surface area (Å²) in [5.74, 6) is -0.469. The monoisotopic (exact) mass is 227 g/mol. The van der Waals surface area contributed by atoms with Gasteiger partial charge in [0.15, 0.2) is 5.78 Å². The summed E-state index contributed by atoms with van der Waals surface area (Å²) in [5, 5.41) is 9.98. The fraction of sp³-hybridized carbons (Fsp3) is 0.364. The third-order valence-corrected chi connectivity index (χ3v) is 2.76. The van der Waals surface area contributed by atoms with Gasteiger partial charge in [0.25, 0.3) is 0 Å².